The molecule has 4 aromatic rings. The Balaban J connectivity index is 1.51. The van der Waals surface area contributed by atoms with E-state index in [1.807, 2.05) is 66.5 Å². The molecule has 0 radical (unpaired) electrons. The number of nitrogens with zero attached hydrogens (tertiary/aromatic N) is 2. The fourth-order valence-corrected chi connectivity index (χ4v) is 4.91. The summed E-state index contributed by atoms with van der Waals surface area (Å²) in [6.07, 6.45) is 0. The Kier molecular flexibility index (Phi) is 4.70. The third-order valence-electron chi connectivity index (χ3n) is 6.51. The highest BCUT2D eigenvalue weighted by atomic mass is 16.7. The molecule has 34 heavy (non-hydrogen) atoms. The molecule has 168 valence electrons. The van der Waals surface area contributed by atoms with E-state index in [0.29, 0.717) is 18.1 Å². The van der Waals surface area contributed by atoms with Crippen molar-refractivity contribution >= 4 is 16.5 Å². The van der Waals surface area contributed by atoms with Gasteiger partial charge in [0, 0.05) is 23.6 Å². The number of benzene rings is 4. The van der Waals surface area contributed by atoms with Crippen molar-refractivity contribution < 1.29 is 18.9 Å². The van der Waals surface area contributed by atoms with E-state index in [1.54, 1.807) is 7.11 Å². The van der Waals surface area contributed by atoms with Crippen LogP contribution in [0, 0.1) is 11.3 Å². The molecule has 4 aromatic carbocycles. The molecular formula is C28H22N2O4. The molecule has 0 aliphatic carbocycles. The summed E-state index contributed by atoms with van der Waals surface area (Å²) in [4.78, 5) is 2.01. The number of fused-ring (bicyclic) bond motifs is 6. The van der Waals surface area contributed by atoms with E-state index in [0.717, 1.165) is 50.2 Å². The molecule has 0 N–H and O–H groups in total. The van der Waals surface area contributed by atoms with Gasteiger partial charge in [0.2, 0.25) is 6.79 Å². The van der Waals surface area contributed by atoms with Crippen molar-refractivity contribution in [1.82, 2.24) is 0 Å². The van der Waals surface area contributed by atoms with Crippen LogP contribution < -0.4 is 23.8 Å². The van der Waals surface area contributed by atoms with E-state index < -0.39 is 6.04 Å². The van der Waals surface area contributed by atoms with Gasteiger partial charge in [0.1, 0.15) is 12.6 Å². The Morgan fingerprint density at radius 1 is 1.00 bits per heavy atom. The highest BCUT2D eigenvalue weighted by Gasteiger charge is 2.35. The zero-order valence-corrected chi connectivity index (χ0v) is 18.9. The summed E-state index contributed by atoms with van der Waals surface area (Å²) in [6.45, 7) is 0.633. The third-order valence-corrected chi connectivity index (χ3v) is 6.51. The van der Waals surface area contributed by atoms with Gasteiger partial charge in [0.05, 0.1) is 18.9 Å². The molecule has 0 amide bonds. The minimum absolute atomic E-state index is 0.219. The molecular weight excluding hydrogens is 428 g/mol. The zero-order valence-electron chi connectivity index (χ0n) is 18.9. The maximum Gasteiger partial charge on any atom is 0.231 e. The first-order chi connectivity index (χ1) is 16.7. The van der Waals surface area contributed by atoms with E-state index in [1.165, 1.54) is 0 Å². The molecule has 2 aliphatic heterocycles. The van der Waals surface area contributed by atoms with E-state index in [-0.39, 0.29) is 6.79 Å². The second kappa shape index (κ2) is 7.89. The fraction of sp³-hybridized carbons (Fsp3) is 0.179. The molecule has 0 aromatic heterocycles. The van der Waals surface area contributed by atoms with Crippen LogP contribution in [0.15, 0.2) is 66.7 Å². The number of rotatable bonds is 4. The monoisotopic (exact) mass is 450 g/mol. The van der Waals surface area contributed by atoms with E-state index in [2.05, 4.69) is 18.2 Å². The van der Waals surface area contributed by atoms with Gasteiger partial charge >= 0.3 is 0 Å². The molecule has 6 rings (SSSR count). The smallest absolute Gasteiger partial charge is 0.231 e. The molecule has 2 aliphatic rings. The lowest BCUT2D eigenvalue weighted by Crippen LogP contribution is -2.28. The number of methoxy groups -OCH3 is 1. The van der Waals surface area contributed by atoms with Gasteiger partial charge in [0.25, 0.3) is 0 Å². The number of nitriles is 1. The van der Waals surface area contributed by atoms with Crippen molar-refractivity contribution in [3.05, 3.63) is 77.9 Å². The van der Waals surface area contributed by atoms with Crippen LogP contribution in [0.4, 0.5) is 5.69 Å². The lowest BCUT2D eigenvalue weighted by molar-refractivity contribution is 0.174. The lowest BCUT2D eigenvalue weighted by Gasteiger charge is -2.36. The van der Waals surface area contributed by atoms with Crippen LogP contribution in [-0.4, -0.2) is 21.0 Å². The second-order valence-corrected chi connectivity index (χ2v) is 8.36. The summed E-state index contributed by atoms with van der Waals surface area (Å²) in [6, 6.07) is 24.0. The number of ether oxygens (including phenoxy) is 4. The minimum atomic E-state index is -0.547. The molecule has 0 saturated heterocycles. The Morgan fingerprint density at radius 2 is 1.76 bits per heavy atom. The molecule has 0 saturated carbocycles. The highest BCUT2D eigenvalue weighted by Crippen LogP contribution is 2.53. The van der Waals surface area contributed by atoms with Crippen LogP contribution in [0.5, 0.6) is 23.0 Å². The van der Waals surface area contributed by atoms with Gasteiger partial charge in [-0.2, -0.15) is 5.26 Å². The predicted octanol–water partition coefficient (Wildman–Crippen LogP) is 5.84. The molecule has 0 spiro atoms. The first kappa shape index (κ1) is 20.3. The average Bonchev–Trinajstić information content (AvgIpc) is 3.33. The average molecular weight is 450 g/mol. The summed E-state index contributed by atoms with van der Waals surface area (Å²) in [5, 5.41) is 12.3. The van der Waals surface area contributed by atoms with Crippen LogP contribution in [0.1, 0.15) is 17.2 Å². The summed E-state index contributed by atoms with van der Waals surface area (Å²) < 4.78 is 23.2. The van der Waals surface area contributed by atoms with E-state index in [4.69, 9.17) is 18.9 Å². The quantitative estimate of drug-likeness (QED) is 0.389. The summed E-state index contributed by atoms with van der Waals surface area (Å²) in [5.74, 6) is 2.66. The zero-order chi connectivity index (χ0) is 23.2. The van der Waals surface area contributed by atoms with Gasteiger partial charge in [-0.25, -0.2) is 0 Å². The summed E-state index contributed by atoms with van der Waals surface area (Å²) in [7, 11) is 3.56. The Hall–Kier alpha value is -4.37. The van der Waals surface area contributed by atoms with Crippen molar-refractivity contribution in [3.8, 4) is 40.2 Å². The van der Waals surface area contributed by atoms with Gasteiger partial charge in [0.15, 0.2) is 23.0 Å². The summed E-state index contributed by atoms with van der Waals surface area (Å²) >= 11 is 0. The Bertz CT molecular complexity index is 1460. The third kappa shape index (κ3) is 3.01. The van der Waals surface area contributed by atoms with Crippen LogP contribution in [0.2, 0.25) is 0 Å². The first-order valence-corrected chi connectivity index (χ1v) is 11.1. The SMILES string of the molecule is COc1c(OCc2ccccc2)ccc2c1C(C#N)N(C)c1c-2ccc2cc3c(cc12)OCO3. The van der Waals surface area contributed by atoms with Gasteiger partial charge < -0.3 is 23.8 Å². The van der Waals surface area contributed by atoms with Crippen molar-refractivity contribution in [1.29, 1.82) is 5.26 Å². The number of hydrogen-bond donors (Lipinski definition) is 0. The normalized spacial score (nSPS) is 15.4. The van der Waals surface area contributed by atoms with Crippen LogP contribution in [0.3, 0.4) is 0 Å². The highest BCUT2D eigenvalue weighted by molar-refractivity contribution is 6.06. The second-order valence-electron chi connectivity index (χ2n) is 8.36. The molecule has 0 fully saturated rings. The summed E-state index contributed by atoms with van der Waals surface area (Å²) in [5.41, 5.74) is 4.85. The van der Waals surface area contributed by atoms with Crippen LogP contribution >= 0.6 is 0 Å². The maximum atomic E-state index is 10.2. The van der Waals surface area contributed by atoms with Gasteiger partial charge in [-0.15, -0.1) is 0 Å². The Labute approximate surface area is 197 Å². The van der Waals surface area contributed by atoms with Crippen molar-refractivity contribution in [2.24, 2.45) is 0 Å². The maximum absolute atomic E-state index is 10.2. The van der Waals surface area contributed by atoms with Crippen molar-refractivity contribution in [3.63, 3.8) is 0 Å². The molecule has 2 heterocycles. The topological polar surface area (TPSA) is 64.0 Å². The van der Waals surface area contributed by atoms with Crippen LogP contribution in [0.25, 0.3) is 21.9 Å². The fourth-order valence-electron chi connectivity index (χ4n) is 4.91. The number of hydrogen-bond acceptors (Lipinski definition) is 6. The number of anilines is 1. The molecule has 6 heteroatoms. The van der Waals surface area contributed by atoms with Crippen LogP contribution in [-0.2, 0) is 6.61 Å². The van der Waals surface area contributed by atoms with Gasteiger partial charge in [-0.05, 0) is 40.8 Å². The van der Waals surface area contributed by atoms with Crippen molar-refractivity contribution in [2.75, 3.05) is 25.9 Å². The molecule has 0 bridgehead atoms. The lowest BCUT2D eigenvalue weighted by atomic mass is 9.86. The standard InChI is InChI=1S/C28H22N2O4/c1-30-22(14-29)26-19(10-11-23(28(26)31-2)32-15-17-6-4-3-5-7-17)20-9-8-18-12-24-25(34-16-33-24)13-21(18)27(20)30/h3-13,22H,15-16H2,1-2H3. The van der Waals surface area contributed by atoms with E-state index >= 15 is 0 Å². The molecule has 1 unspecified atom stereocenters. The molecule has 1 atom stereocenters. The largest absolute Gasteiger partial charge is 0.492 e. The van der Waals surface area contributed by atoms with Crippen molar-refractivity contribution in [2.45, 2.75) is 12.6 Å². The van der Waals surface area contributed by atoms with Gasteiger partial charge in [-0.1, -0.05) is 42.5 Å². The molecule has 6 nitrogen and oxygen atoms in total. The van der Waals surface area contributed by atoms with Gasteiger partial charge in [-0.3, -0.25) is 0 Å². The predicted molar refractivity (Wildman–Crippen MR) is 130 cm³/mol. The first-order valence-electron chi connectivity index (χ1n) is 11.1. The Morgan fingerprint density at radius 3 is 2.53 bits per heavy atom. The van der Waals surface area contributed by atoms with E-state index in [9.17, 15) is 5.26 Å². The minimum Gasteiger partial charge on any atom is -0.492 e.